The van der Waals surface area contributed by atoms with Crippen LogP contribution in [0.4, 0.5) is 0 Å². The smallest absolute Gasteiger partial charge is 0.323 e. The van der Waals surface area contributed by atoms with E-state index in [1.54, 1.807) is 0 Å². The number of likely N-dealkylation sites (tertiary alicyclic amines) is 2. The molecule has 0 saturated carbocycles. The summed E-state index contributed by atoms with van der Waals surface area (Å²) in [4.78, 5) is 28.7. The first-order valence-corrected chi connectivity index (χ1v) is 9.57. The minimum absolute atomic E-state index is 0.110. The number of terminal acetylenes is 1. The third kappa shape index (κ3) is 4.24. The molecular formula is C19H28N4O3. The molecule has 3 heterocycles. The summed E-state index contributed by atoms with van der Waals surface area (Å²) >= 11 is 0. The second-order valence-electron chi connectivity index (χ2n) is 7.42. The summed E-state index contributed by atoms with van der Waals surface area (Å²) < 4.78 is 4.94. The van der Waals surface area contributed by atoms with Gasteiger partial charge in [-0.1, -0.05) is 0 Å². The number of esters is 1. The molecule has 3 rings (SSSR count). The average Bonchev–Trinajstić information content (AvgIpc) is 3.28. The number of hydrogen-bond acceptors (Lipinski definition) is 6. The van der Waals surface area contributed by atoms with Crippen LogP contribution in [0.2, 0.25) is 0 Å². The molecule has 2 saturated heterocycles. The molecule has 0 bridgehead atoms. The van der Waals surface area contributed by atoms with Crippen molar-refractivity contribution in [2.75, 3.05) is 26.7 Å². The van der Waals surface area contributed by atoms with E-state index in [0.29, 0.717) is 25.3 Å². The quantitative estimate of drug-likeness (QED) is 0.514. The molecule has 1 atom stereocenters. The van der Waals surface area contributed by atoms with Gasteiger partial charge in [-0.05, 0) is 32.2 Å². The lowest BCUT2D eigenvalue weighted by atomic mass is 9.99. The van der Waals surface area contributed by atoms with Crippen molar-refractivity contribution >= 4 is 11.9 Å². The Morgan fingerprint density at radius 3 is 2.54 bits per heavy atom. The van der Waals surface area contributed by atoms with Crippen LogP contribution >= 0.6 is 0 Å². The van der Waals surface area contributed by atoms with Gasteiger partial charge in [-0.3, -0.25) is 14.5 Å². The maximum absolute atomic E-state index is 12.5. The normalized spacial score (nSPS) is 25.1. The molecule has 0 aliphatic carbocycles. The molecule has 0 spiro atoms. The van der Waals surface area contributed by atoms with E-state index in [-0.39, 0.29) is 23.6 Å². The first-order valence-electron chi connectivity index (χ1n) is 9.57. The molecule has 0 aromatic rings. The van der Waals surface area contributed by atoms with Crippen LogP contribution in [0.3, 0.4) is 0 Å². The molecule has 142 valence electrons. The van der Waals surface area contributed by atoms with Crippen LogP contribution in [0.1, 0.15) is 51.4 Å². The standard InChI is InChI=1S/C19H28N4O3/c1-3-4-10-19(20-21-19)11-7-17(24)22-13-8-15(9-14-22)23-12-5-6-16(23)18(25)26-2/h1,15-16H,4-14H2,2H3/t16-/m0/s1. The molecule has 7 nitrogen and oxygen atoms in total. The first kappa shape index (κ1) is 18.8. The van der Waals surface area contributed by atoms with Crippen LogP contribution in [0.15, 0.2) is 10.2 Å². The van der Waals surface area contributed by atoms with Gasteiger partial charge in [0.2, 0.25) is 5.91 Å². The zero-order valence-corrected chi connectivity index (χ0v) is 15.5. The molecule has 26 heavy (non-hydrogen) atoms. The van der Waals surface area contributed by atoms with Gasteiger partial charge in [-0.2, -0.15) is 10.2 Å². The van der Waals surface area contributed by atoms with E-state index in [1.807, 2.05) is 4.90 Å². The highest BCUT2D eigenvalue weighted by Gasteiger charge is 2.41. The monoisotopic (exact) mass is 360 g/mol. The Hall–Kier alpha value is -1.94. The number of hydrogen-bond donors (Lipinski definition) is 0. The van der Waals surface area contributed by atoms with Crippen LogP contribution in [0.5, 0.6) is 0 Å². The largest absolute Gasteiger partial charge is 0.468 e. The summed E-state index contributed by atoms with van der Waals surface area (Å²) in [7, 11) is 1.45. The summed E-state index contributed by atoms with van der Waals surface area (Å²) in [5, 5.41) is 8.19. The van der Waals surface area contributed by atoms with E-state index >= 15 is 0 Å². The van der Waals surface area contributed by atoms with Gasteiger partial charge in [0.15, 0.2) is 5.66 Å². The third-order valence-electron chi connectivity index (χ3n) is 5.85. The van der Waals surface area contributed by atoms with Crippen molar-refractivity contribution in [1.29, 1.82) is 0 Å². The Morgan fingerprint density at radius 2 is 1.92 bits per heavy atom. The fourth-order valence-electron chi connectivity index (χ4n) is 4.20. The lowest BCUT2D eigenvalue weighted by Crippen LogP contribution is -2.50. The number of nitrogens with zero attached hydrogens (tertiary/aromatic N) is 4. The highest BCUT2D eigenvalue weighted by molar-refractivity contribution is 5.77. The Labute approximate surface area is 155 Å². The summed E-state index contributed by atoms with van der Waals surface area (Å²) in [6.45, 7) is 2.44. The number of amides is 1. The molecule has 0 radical (unpaired) electrons. The second kappa shape index (κ2) is 8.17. The lowest BCUT2D eigenvalue weighted by molar-refractivity contribution is -0.147. The fourth-order valence-corrected chi connectivity index (χ4v) is 4.20. The van der Waals surface area contributed by atoms with E-state index in [0.717, 1.165) is 51.7 Å². The van der Waals surface area contributed by atoms with E-state index in [9.17, 15) is 9.59 Å². The molecule has 3 aliphatic rings. The zero-order valence-electron chi connectivity index (χ0n) is 15.5. The first-order chi connectivity index (χ1) is 12.6. The molecule has 7 heteroatoms. The SMILES string of the molecule is C#CCCC1(CCC(=O)N2CCC(N3CCC[C@H]3C(=O)OC)CC2)N=N1. The van der Waals surface area contributed by atoms with Crippen molar-refractivity contribution in [2.24, 2.45) is 10.2 Å². The number of ether oxygens (including phenoxy) is 1. The number of piperidine rings is 1. The van der Waals surface area contributed by atoms with Crippen LogP contribution in [0.25, 0.3) is 0 Å². The van der Waals surface area contributed by atoms with Crippen molar-refractivity contribution in [2.45, 2.75) is 69.1 Å². The third-order valence-corrected chi connectivity index (χ3v) is 5.85. The van der Waals surface area contributed by atoms with Gasteiger partial charge in [0.25, 0.3) is 0 Å². The summed E-state index contributed by atoms with van der Waals surface area (Å²) in [5.74, 6) is 2.65. The average molecular weight is 360 g/mol. The highest BCUT2D eigenvalue weighted by Crippen LogP contribution is 2.38. The van der Waals surface area contributed by atoms with Gasteiger partial charge in [-0.25, -0.2) is 0 Å². The molecule has 0 unspecified atom stereocenters. The molecule has 3 aliphatic heterocycles. The zero-order chi connectivity index (χ0) is 18.6. The maximum atomic E-state index is 12.5. The molecule has 2 fully saturated rings. The Balaban J connectivity index is 1.43. The Kier molecular flexibility index (Phi) is 5.92. The van der Waals surface area contributed by atoms with Crippen molar-refractivity contribution in [1.82, 2.24) is 9.80 Å². The van der Waals surface area contributed by atoms with Gasteiger partial charge >= 0.3 is 5.97 Å². The minimum atomic E-state index is -0.385. The van der Waals surface area contributed by atoms with Crippen LogP contribution < -0.4 is 0 Å². The summed E-state index contributed by atoms with van der Waals surface area (Å²) in [5.41, 5.74) is -0.385. The van der Waals surface area contributed by atoms with Crippen molar-refractivity contribution in [3.05, 3.63) is 0 Å². The second-order valence-corrected chi connectivity index (χ2v) is 7.42. The summed E-state index contributed by atoms with van der Waals surface area (Å²) in [6.07, 6.45) is 11.5. The number of carbonyl (C=O) groups is 2. The summed E-state index contributed by atoms with van der Waals surface area (Å²) in [6, 6.07) is 0.252. The Bertz CT molecular complexity index is 598. The molecule has 1 amide bonds. The molecule has 0 aromatic carbocycles. The van der Waals surface area contributed by atoms with Gasteiger partial charge in [0.1, 0.15) is 6.04 Å². The van der Waals surface area contributed by atoms with Gasteiger partial charge in [0.05, 0.1) is 7.11 Å². The minimum Gasteiger partial charge on any atom is -0.468 e. The van der Waals surface area contributed by atoms with E-state index in [2.05, 4.69) is 21.0 Å². The van der Waals surface area contributed by atoms with Crippen LogP contribution in [0, 0.1) is 12.3 Å². The molecule has 0 N–H and O–H groups in total. The molecular weight excluding hydrogens is 332 g/mol. The predicted molar refractivity (Wildman–Crippen MR) is 96.2 cm³/mol. The fraction of sp³-hybridized carbons (Fsp3) is 0.789. The lowest BCUT2D eigenvalue weighted by Gasteiger charge is -2.38. The van der Waals surface area contributed by atoms with Crippen molar-refractivity contribution in [3.63, 3.8) is 0 Å². The number of rotatable bonds is 7. The van der Waals surface area contributed by atoms with Crippen LogP contribution in [-0.2, 0) is 14.3 Å². The van der Waals surface area contributed by atoms with E-state index in [4.69, 9.17) is 11.2 Å². The predicted octanol–water partition coefficient (Wildman–Crippen LogP) is 1.97. The van der Waals surface area contributed by atoms with Gasteiger partial charge < -0.3 is 9.64 Å². The number of carbonyl (C=O) groups excluding carboxylic acids is 2. The van der Waals surface area contributed by atoms with Crippen LogP contribution in [-0.4, -0.2) is 66.2 Å². The van der Waals surface area contributed by atoms with Crippen molar-refractivity contribution < 1.29 is 14.3 Å². The molecule has 0 aromatic heterocycles. The number of methoxy groups -OCH3 is 1. The van der Waals surface area contributed by atoms with E-state index < -0.39 is 0 Å². The van der Waals surface area contributed by atoms with Gasteiger partial charge in [-0.15, -0.1) is 12.3 Å². The maximum Gasteiger partial charge on any atom is 0.323 e. The topological polar surface area (TPSA) is 74.6 Å². The van der Waals surface area contributed by atoms with Gasteiger partial charge in [0, 0.05) is 44.8 Å². The van der Waals surface area contributed by atoms with E-state index in [1.165, 1.54) is 7.11 Å². The van der Waals surface area contributed by atoms with Crippen molar-refractivity contribution in [3.8, 4) is 12.3 Å². The Morgan fingerprint density at radius 1 is 1.19 bits per heavy atom. The highest BCUT2D eigenvalue weighted by atomic mass is 16.5.